The van der Waals surface area contributed by atoms with E-state index in [2.05, 4.69) is 46.9 Å². The molecule has 0 amide bonds. The normalized spacial score (nSPS) is 15.0. The summed E-state index contributed by atoms with van der Waals surface area (Å²) in [5.74, 6) is -1.08. The number of carboxylic acid groups (broad SMARTS) is 1. The second-order valence-electron chi connectivity index (χ2n) is 6.85. The molecular formula is C22H25N3O3S3. The van der Waals surface area contributed by atoms with E-state index < -0.39 is 5.97 Å². The minimum atomic E-state index is -1.08. The molecule has 164 valence electrons. The molecule has 9 heteroatoms. The quantitative estimate of drug-likeness (QED) is 0.537. The Morgan fingerprint density at radius 2 is 1.94 bits per heavy atom. The van der Waals surface area contributed by atoms with Crippen LogP contribution in [-0.2, 0) is 17.9 Å². The molecule has 1 aromatic carbocycles. The van der Waals surface area contributed by atoms with Crippen molar-refractivity contribution in [2.45, 2.75) is 45.7 Å². The van der Waals surface area contributed by atoms with Crippen LogP contribution < -0.4 is 29.3 Å². The molecule has 2 aromatic heterocycles. The average molecular weight is 476 g/mol. The maximum atomic E-state index is 13.1. The number of aryl methyl sites for hydroxylation is 1. The van der Waals surface area contributed by atoms with E-state index in [1.165, 1.54) is 15.6 Å². The van der Waals surface area contributed by atoms with Crippen molar-refractivity contribution in [2.24, 2.45) is 0 Å². The van der Waals surface area contributed by atoms with Crippen LogP contribution in [0, 0.1) is 6.92 Å². The molecule has 0 spiro atoms. The third kappa shape index (κ3) is 4.78. The molecule has 0 saturated carbocycles. The van der Waals surface area contributed by atoms with E-state index in [0.29, 0.717) is 6.54 Å². The monoisotopic (exact) mass is 475 g/mol. The SMILES string of the molecule is CC(=O)[O-].CCn1c(=O)/c(=C2/Sc3ccccc3N2C)s/c1=C/c1scc(C)[n+]1CC. The van der Waals surface area contributed by atoms with E-state index in [0.717, 1.165) is 33.4 Å². The number of thiazole rings is 2. The number of para-hydroxylation sites is 1. The van der Waals surface area contributed by atoms with Gasteiger partial charge in [0, 0.05) is 31.4 Å². The Hall–Kier alpha value is -2.36. The fraction of sp³-hybridized carbons (Fsp3) is 0.318. The van der Waals surface area contributed by atoms with Crippen molar-refractivity contribution < 1.29 is 14.5 Å². The van der Waals surface area contributed by atoms with Gasteiger partial charge in [-0.2, -0.15) is 4.57 Å². The first kappa shape index (κ1) is 23.3. The Kier molecular flexibility index (Phi) is 7.40. The van der Waals surface area contributed by atoms with E-state index in [-0.39, 0.29) is 5.56 Å². The van der Waals surface area contributed by atoms with E-state index in [4.69, 9.17) is 9.90 Å². The van der Waals surface area contributed by atoms with Crippen LogP contribution in [0.4, 0.5) is 5.69 Å². The molecule has 0 bridgehead atoms. The Bertz CT molecular complexity index is 1280. The summed E-state index contributed by atoms with van der Waals surface area (Å²) in [6.07, 6.45) is 2.16. The van der Waals surface area contributed by atoms with E-state index in [1.54, 1.807) is 34.4 Å². The van der Waals surface area contributed by atoms with Gasteiger partial charge in [0.15, 0.2) is 5.69 Å². The smallest absolute Gasteiger partial charge is 0.271 e. The third-order valence-electron chi connectivity index (χ3n) is 4.77. The number of hydrogen-bond acceptors (Lipinski definition) is 7. The van der Waals surface area contributed by atoms with Crippen LogP contribution in [0.3, 0.4) is 0 Å². The molecule has 3 heterocycles. The molecular weight excluding hydrogens is 450 g/mol. The van der Waals surface area contributed by atoms with Crippen LogP contribution in [-0.4, -0.2) is 17.6 Å². The zero-order chi connectivity index (χ0) is 22.7. The summed E-state index contributed by atoms with van der Waals surface area (Å²) in [6.45, 7) is 8.89. The number of hydrogen-bond donors (Lipinski definition) is 0. The zero-order valence-corrected chi connectivity index (χ0v) is 20.6. The van der Waals surface area contributed by atoms with Gasteiger partial charge in [0.25, 0.3) is 10.6 Å². The average Bonchev–Trinajstić information content (AvgIpc) is 3.35. The van der Waals surface area contributed by atoms with Gasteiger partial charge in [-0.05, 0) is 32.9 Å². The predicted molar refractivity (Wildman–Crippen MR) is 127 cm³/mol. The van der Waals surface area contributed by atoms with Crippen molar-refractivity contribution in [3.8, 4) is 0 Å². The van der Waals surface area contributed by atoms with E-state index in [1.807, 2.05) is 30.7 Å². The molecule has 4 rings (SSSR count). The number of aliphatic carboxylic acids is 1. The lowest BCUT2D eigenvalue weighted by atomic mass is 10.3. The number of benzene rings is 1. The maximum absolute atomic E-state index is 13.1. The van der Waals surface area contributed by atoms with Gasteiger partial charge in [-0.1, -0.05) is 35.2 Å². The second kappa shape index (κ2) is 9.84. The fourth-order valence-electron chi connectivity index (χ4n) is 3.34. The second-order valence-corrected chi connectivity index (χ2v) is 9.80. The summed E-state index contributed by atoms with van der Waals surface area (Å²) in [5, 5.41) is 13.3. The first-order valence-corrected chi connectivity index (χ1v) is 12.4. The number of carboxylic acids is 1. The summed E-state index contributed by atoms with van der Waals surface area (Å²) in [7, 11) is 2.04. The molecule has 0 radical (unpaired) electrons. The number of carbonyl (C=O) groups excluding carboxylic acids is 1. The molecule has 3 aromatic rings. The van der Waals surface area contributed by atoms with Crippen LogP contribution in [0.5, 0.6) is 0 Å². The lowest BCUT2D eigenvalue weighted by Crippen LogP contribution is -2.37. The number of nitrogens with zero attached hydrogens (tertiary/aromatic N) is 3. The predicted octanol–water partition coefficient (Wildman–Crippen LogP) is 1.50. The Labute approximate surface area is 193 Å². The van der Waals surface area contributed by atoms with Gasteiger partial charge in [0.1, 0.15) is 20.8 Å². The molecule has 31 heavy (non-hydrogen) atoms. The highest BCUT2D eigenvalue weighted by Crippen LogP contribution is 2.44. The first-order chi connectivity index (χ1) is 14.8. The van der Waals surface area contributed by atoms with E-state index >= 15 is 0 Å². The van der Waals surface area contributed by atoms with E-state index in [9.17, 15) is 4.79 Å². The Morgan fingerprint density at radius 3 is 2.55 bits per heavy atom. The summed E-state index contributed by atoms with van der Waals surface area (Å²) >= 11 is 5.01. The largest absolute Gasteiger partial charge is 0.550 e. The maximum Gasteiger partial charge on any atom is 0.271 e. The summed E-state index contributed by atoms with van der Waals surface area (Å²) in [4.78, 5) is 25.4. The molecule has 0 aliphatic carbocycles. The number of thioether (sulfide) groups is 1. The lowest BCUT2D eigenvalue weighted by Gasteiger charge is -2.11. The zero-order valence-electron chi connectivity index (χ0n) is 18.2. The van der Waals surface area contributed by atoms with Crippen LogP contribution in [0.25, 0.3) is 11.1 Å². The molecule has 0 N–H and O–H groups in total. The van der Waals surface area contributed by atoms with Crippen molar-refractivity contribution >= 4 is 57.2 Å². The van der Waals surface area contributed by atoms with Crippen molar-refractivity contribution in [1.29, 1.82) is 0 Å². The number of carbonyl (C=O) groups is 1. The van der Waals surface area contributed by atoms with Gasteiger partial charge in [-0.25, -0.2) is 0 Å². The number of aromatic nitrogens is 2. The number of rotatable bonds is 3. The van der Waals surface area contributed by atoms with Crippen LogP contribution in [0.1, 0.15) is 31.5 Å². The molecule has 6 nitrogen and oxygen atoms in total. The minimum Gasteiger partial charge on any atom is -0.550 e. The van der Waals surface area contributed by atoms with Gasteiger partial charge >= 0.3 is 0 Å². The Morgan fingerprint density at radius 1 is 1.26 bits per heavy atom. The van der Waals surface area contributed by atoms with Gasteiger partial charge < -0.3 is 14.8 Å². The van der Waals surface area contributed by atoms with Crippen molar-refractivity contribution in [1.82, 2.24) is 4.57 Å². The van der Waals surface area contributed by atoms with Crippen molar-refractivity contribution in [2.75, 3.05) is 11.9 Å². The lowest BCUT2D eigenvalue weighted by molar-refractivity contribution is -0.696. The molecule has 1 aliphatic rings. The first-order valence-electron chi connectivity index (χ1n) is 9.90. The minimum absolute atomic E-state index is 0.104. The molecule has 0 atom stereocenters. The molecule has 0 unspecified atom stereocenters. The van der Waals surface area contributed by atoms with Crippen molar-refractivity contribution in [3.63, 3.8) is 0 Å². The molecule has 0 fully saturated rings. The summed E-state index contributed by atoms with van der Waals surface area (Å²) in [5.41, 5.74) is 2.52. The molecule has 0 saturated heterocycles. The topological polar surface area (TPSA) is 69.2 Å². The highest BCUT2D eigenvalue weighted by Gasteiger charge is 2.24. The standard InChI is InChI=1S/C20H22N3OS3.C2H4O2/c1-5-22-13(3)12-25-16(22)11-17-23(6-2)19(24)18(27-17)20-21(4)14-9-7-8-10-15(14)26-20;1-2(3)4/h7-12H,5-6H2,1-4H3;1H3,(H,3,4)/q+1;/p-1/b20-18-;. The van der Waals surface area contributed by atoms with Gasteiger partial charge in [0.2, 0.25) is 0 Å². The van der Waals surface area contributed by atoms with Crippen molar-refractivity contribution in [3.05, 3.63) is 59.9 Å². The van der Waals surface area contributed by atoms with Gasteiger partial charge in [0.05, 0.1) is 17.1 Å². The summed E-state index contributed by atoms with van der Waals surface area (Å²) in [6, 6.07) is 8.30. The van der Waals surface area contributed by atoms with Gasteiger partial charge in [-0.15, -0.1) is 11.3 Å². The van der Waals surface area contributed by atoms with Crippen LogP contribution >= 0.6 is 34.4 Å². The highest BCUT2D eigenvalue weighted by atomic mass is 32.2. The molecule has 1 aliphatic heterocycles. The number of anilines is 1. The highest BCUT2D eigenvalue weighted by molar-refractivity contribution is 8.08. The fourth-order valence-corrected chi connectivity index (χ4v) is 6.87. The third-order valence-corrected chi connectivity index (χ3v) is 8.29. The van der Waals surface area contributed by atoms with Crippen LogP contribution in [0.2, 0.25) is 0 Å². The number of fused-ring (bicyclic) bond motifs is 1. The van der Waals surface area contributed by atoms with Gasteiger partial charge in [-0.3, -0.25) is 9.36 Å². The van der Waals surface area contributed by atoms with Crippen LogP contribution in [0.15, 0.2) is 39.3 Å². The Balaban J connectivity index is 0.000000628. The summed E-state index contributed by atoms with van der Waals surface area (Å²) < 4.78 is 6.01.